The Kier molecular flexibility index (Phi) is 4.49. The molecular weight excluding hydrogens is 228 g/mol. The van der Waals surface area contributed by atoms with Crippen molar-refractivity contribution >= 4 is 15.9 Å². The Morgan fingerprint density at radius 3 is 2.69 bits per heavy atom. The summed E-state index contributed by atoms with van der Waals surface area (Å²) in [7, 11) is -3.34. The maximum Gasteiger partial charge on any atom is 0.238 e. The Labute approximate surface area is 96.4 Å². The monoisotopic (exact) mass is 246 g/mol. The first-order valence-electron chi connectivity index (χ1n) is 5.33. The molecule has 5 nitrogen and oxygen atoms in total. The van der Waals surface area contributed by atoms with E-state index < -0.39 is 16.1 Å². The fourth-order valence-electron chi connectivity index (χ4n) is 1.61. The molecule has 0 aliphatic heterocycles. The largest absolute Gasteiger partial charge is 0.349 e. The minimum atomic E-state index is -3.34. The first-order valence-corrected chi connectivity index (χ1v) is 7.22. The molecule has 1 aliphatic rings. The van der Waals surface area contributed by atoms with E-state index in [2.05, 4.69) is 10.0 Å². The Hall–Kier alpha value is -0.880. The predicted octanol–water partition coefficient (Wildman–Crippen LogP) is 0.149. The first kappa shape index (κ1) is 13.2. The molecule has 0 bridgehead atoms. The molecule has 1 aliphatic carbocycles. The summed E-state index contributed by atoms with van der Waals surface area (Å²) in [5, 5.41) is 2.79. The van der Waals surface area contributed by atoms with Crippen molar-refractivity contribution in [1.82, 2.24) is 10.0 Å². The fraction of sp³-hybridized carbons (Fsp3) is 0.700. The molecule has 0 heterocycles. The number of hydrogen-bond acceptors (Lipinski definition) is 3. The maximum absolute atomic E-state index is 11.6. The van der Waals surface area contributed by atoms with E-state index in [4.69, 9.17) is 0 Å². The van der Waals surface area contributed by atoms with Crippen LogP contribution >= 0.6 is 0 Å². The Morgan fingerprint density at radius 1 is 1.50 bits per heavy atom. The maximum atomic E-state index is 11.6. The van der Waals surface area contributed by atoms with Crippen LogP contribution in [0.3, 0.4) is 0 Å². The average molecular weight is 246 g/mol. The van der Waals surface area contributed by atoms with Gasteiger partial charge >= 0.3 is 0 Å². The molecule has 0 spiro atoms. The summed E-state index contributed by atoms with van der Waals surface area (Å²) in [5.74, 6) is -0.290. The van der Waals surface area contributed by atoms with Crippen LogP contribution in [0.25, 0.3) is 0 Å². The topological polar surface area (TPSA) is 75.3 Å². The molecule has 2 N–H and O–H groups in total. The SMILES string of the molecule is C[C@@H](NS(C)(=O)=O)C(=O)N[C@@H]1C=CCCC1. The minimum Gasteiger partial charge on any atom is -0.349 e. The third-order valence-corrected chi connectivity index (χ3v) is 3.15. The third kappa shape index (κ3) is 4.76. The van der Waals surface area contributed by atoms with Gasteiger partial charge in [0.2, 0.25) is 15.9 Å². The number of rotatable bonds is 4. The third-order valence-electron chi connectivity index (χ3n) is 2.37. The summed E-state index contributed by atoms with van der Waals surface area (Å²) in [5.41, 5.74) is 0. The molecule has 16 heavy (non-hydrogen) atoms. The molecule has 0 aromatic carbocycles. The van der Waals surface area contributed by atoms with Gasteiger partial charge in [-0.3, -0.25) is 4.79 Å². The number of sulfonamides is 1. The van der Waals surface area contributed by atoms with Crippen molar-refractivity contribution < 1.29 is 13.2 Å². The van der Waals surface area contributed by atoms with Crippen LogP contribution in [0.2, 0.25) is 0 Å². The lowest BCUT2D eigenvalue weighted by Crippen LogP contribution is -2.47. The molecule has 92 valence electrons. The zero-order chi connectivity index (χ0) is 12.2. The fourth-order valence-corrected chi connectivity index (χ4v) is 2.36. The van der Waals surface area contributed by atoms with Gasteiger partial charge in [0, 0.05) is 6.04 Å². The molecular formula is C10H18N2O3S. The van der Waals surface area contributed by atoms with Gasteiger partial charge in [0.15, 0.2) is 0 Å². The van der Waals surface area contributed by atoms with Crippen molar-refractivity contribution in [2.24, 2.45) is 0 Å². The lowest BCUT2D eigenvalue weighted by atomic mass is 10.0. The van der Waals surface area contributed by atoms with Gasteiger partial charge in [0.05, 0.1) is 12.3 Å². The van der Waals surface area contributed by atoms with Crippen LogP contribution in [-0.4, -0.2) is 32.7 Å². The van der Waals surface area contributed by atoms with Crippen molar-refractivity contribution in [3.63, 3.8) is 0 Å². The number of amides is 1. The van der Waals surface area contributed by atoms with Gasteiger partial charge in [-0.05, 0) is 26.2 Å². The number of carbonyl (C=O) groups is 1. The van der Waals surface area contributed by atoms with Gasteiger partial charge in [-0.1, -0.05) is 12.2 Å². The average Bonchev–Trinajstić information content (AvgIpc) is 2.16. The highest BCUT2D eigenvalue weighted by atomic mass is 32.2. The lowest BCUT2D eigenvalue weighted by molar-refractivity contribution is -0.122. The van der Waals surface area contributed by atoms with E-state index in [0.29, 0.717) is 0 Å². The van der Waals surface area contributed by atoms with Crippen molar-refractivity contribution in [1.29, 1.82) is 0 Å². The van der Waals surface area contributed by atoms with Crippen molar-refractivity contribution in [3.8, 4) is 0 Å². The van der Waals surface area contributed by atoms with E-state index in [9.17, 15) is 13.2 Å². The lowest BCUT2D eigenvalue weighted by Gasteiger charge is -2.20. The highest BCUT2D eigenvalue weighted by Gasteiger charge is 2.19. The van der Waals surface area contributed by atoms with Gasteiger partial charge in [0.25, 0.3) is 0 Å². The summed E-state index contributed by atoms with van der Waals surface area (Å²) in [6, 6.07) is -0.699. The quantitative estimate of drug-likeness (QED) is 0.693. The second-order valence-electron chi connectivity index (χ2n) is 4.09. The summed E-state index contributed by atoms with van der Waals surface area (Å²) < 4.78 is 24.1. The second-order valence-corrected chi connectivity index (χ2v) is 5.87. The summed E-state index contributed by atoms with van der Waals surface area (Å²) in [4.78, 5) is 11.6. The van der Waals surface area contributed by atoms with Gasteiger partial charge in [-0.2, -0.15) is 0 Å². The number of allylic oxidation sites excluding steroid dienone is 1. The Bertz CT molecular complexity index is 376. The molecule has 0 saturated heterocycles. The van der Waals surface area contributed by atoms with Gasteiger partial charge < -0.3 is 5.32 Å². The van der Waals surface area contributed by atoms with Crippen LogP contribution in [0.4, 0.5) is 0 Å². The molecule has 1 amide bonds. The molecule has 0 unspecified atom stereocenters. The molecule has 1 rings (SSSR count). The highest BCUT2D eigenvalue weighted by molar-refractivity contribution is 7.88. The number of hydrogen-bond donors (Lipinski definition) is 2. The van der Waals surface area contributed by atoms with Gasteiger partial charge in [-0.25, -0.2) is 13.1 Å². The summed E-state index contributed by atoms with van der Waals surface area (Å²) in [6.45, 7) is 1.53. The van der Waals surface area contributed by atoms with E-state index in [0.717, 1.165) is 25.5 Å². The number of carbonyl (C=O) groups excluding carboxylic acids is 1. The molecule has 0 aromatic rings. The smallest absolute Gasteiger partial charge is 0.238 e. The Balaban J connectivity index is 2.45. The normalized spacial score (nSPS) is 22.8. The molecule has 0 saturated carbocycles. The second kappa shape index (κ2) is 5.45. The minimum absolute atomic E-state index is 0.0325. The van der Waals surface area contributed by atoms with Crippen molar-refractivity contribution in [3.05, 3.63) is 12.2 Å². The van der Waals surface area contributed by atoms with E-state index in [1.54, 1.807) is 0 Å². The van der Waals surface area contributed by atoms with Gasteiger partial charge in [-0.15, -0.1) is 0 Å². The van der Waals surface area contributed by atoms with Crippen LogP contribution in [0.15, 0.2) is 12.2 Å². The number of nitrogens with one attached hydrogen (secondary N) is 2. The van der Waals surface area contributed by atoms with Crippen molar-refractivity contribution in [2.45, 2.75) is 38.3 Å². The van der Waals surface area contributed by atoms with E-state index in [1.165, 1.54) is 6.92 Å². The first-order chi connectivity index (χ1) is 7.38. The van der Waals surface area contributed by atoms with Crippen LogP contribution in [0.1, 0.15) is 26.2 Å². The highest BCUT2D eigenvalue weighted by Crippen LogP contribution is 2.10. The predicted molar refractivity (Wildman–Crippen MR) is 62.4 cm³/mol. The molecule has 2 atom stereocenters. The van der Waals surface area contributed by atoms with Gasteiger partial charge in [0.1, 0.15) is 0 Å². The van der Waals surface area contributed by atoms with E-state index in [-0.39, 0.29) is 11.9 Å². The summed E-state index contributed by atoms with van der Waals surface area (Å²) in [6.07, 6.45) is 8.03. The zero-order valence-corrected chi connectivity index (χ0v) is 10.4. The van der Waals surface area contributed by atoms with Crippen LogP contribution in [-0.2, 0) is 14.8 Å². The molecule has 0 aromatic heterocycles. The molecule has 0 fully saturated rings. The van der Waals surface area contributed by atoms with Crippen LogP contribution in [0.5, 0.6) is 0 Å². The van der Waals surface area contributed by atoms with E-state index in [1.807, 2.05) is 12.2 Å². The standard InChI is InChI=1S/C10H18N2O3S/c1-8(12-16(2,14)15)10(13)11-9-6-4-3-5-7-9/h4,6,8-9,12H,3,5,7H2,1-2H3,(H,11,13)/t8-,9-/m1/s1. The van der Waals surface area contributed by atoms with Crippen LogP contribution in [0, 0.1) is 0 Å². The Morgan fingerprint density at radius 2 is 2.19 bits per heavy atom. The van der Waals surface area contributed by atoms with Crippen molar-refractivity contribution in [2.75, 3.05) is 6.26 Å². The zero-order valence-electron chi connectivity index (χ0n) is 9.56. The molecule has 6 heteroatoms. The van der Waals surface area contributed by atoms with Crippen LogP contribution < -0.4 is 10.0 Å². The molecule has 0 radical (unpaired) electrons. The van der Waals surface area contributed by atoms with E-state index >= 15 is 0 Å². The summed E-state index contributed by atoms with van der Waals surface area (Å²) >= 11 is 0.